The van der Waals surface area contributed by atoms with Gasteiger partial charge in [-0.2, -0.15) is 10.1 Å². The molecule has 0 atom stereocenters. The van der Waals surface area contributed by atoms with E-state index in [1.165, 1.54) is 0 Å². The van der Waals surface area contributed by atoms with Gasteiger partial charge in [-0.15, -0.1) is 5.10 Å². The highest BCUT2D eigenvalue weighted by molar-refractivity contribution is 6.01. The van der Waals surface area contributed by atoms with E-state index in [9.17, 15) is 4.79 Å². The van der Waals surface area contributed by atoms with E-state index in [0.29, 0.717) is 5.82 Å². The van der Waals surface area contributed by atoms with Gasteiger partial charge < -0.3 is 11.1 Å². The number of aromatic amines is 2. The molecule has 0 saturated carbocycles. The number of rotatable bonds is 4. The van der Waals surface area contributed by atoms with Crippen LogP contribution < -0.4 is 11.1 Å². The fraction of sp³-hybridized carbons (Fsp3) is 0.333. The molecule has 2 aromatic rings. The van der Waals surface area contributed by atoms with E-state index in [-0.39, 0.29) is 11.8 Å². The van der Waals surface area contributed by atoms with Gasteiger partial charge in [-0.25, -0.2) is 0 Å². The largest absolute Gasteiger partial charge is 0.366 e. The number of aromatic nitrogens is 5. The third kappa shape index (κ3) is 2.60. The molecule has 0 radical (unpaired) electrons. The average molecular weight is 235 g/mol. The maximum atomic E-state index is 11.6. The summed E-state index contributed by atoms with van der Waals surface area (Å²) in [5, 5.41) is 15.4. The van der Waals surface area contributed by atoms with Gasteiger partial charge in [0.2, 0.25) is 11.8 Å². The van der Waals surface area contributed by atoms with Crippen LogP contribution in [0, 0.1) is 0 Å². The summed E-state index contributed by atoms with van der Waals surface area (Å²) in [6.07, 6.45) is 1.90. The number of H-pyrrole nitrogens is 2. The predicted octanol–water partition coefficient (Wildman–Crippen LogP) is 0.315. The van der Waals surface area contributed by atoms with Crippen molar-refractivity contribution in [2.24, 2.45) is 0 Å². The highest BCUT2D eigenvalue weighted by Gasteiger charge is 2.12. The summed E-state index contributed by atoms with van der Waals surface area (Å²) in [4.78, 5) is 15.4. The number of amides is 1. The molecule has 0 aromatic carbocycles. The molecule has 0 aliphatic heterocycles. The molecule has 0 saturated heterocycles. The molecule has 5 N–H and O–H groups in total. The number of nitrogens with two attached hydrogens (primary N) is 1. The minimum absolute atomic E-state index is 0.0313. The third-order valence-electron chi connectivity index (χ3n) is 2.11. The van der Waals surface area contributed by atoms with Crippen LogP contribution in [-0.2, 0) is 6.42 Å². The molecule has 2 rings (SSSR count). The van der Waals surface area contributed by atoms with Crippen molar-refractivity contribution in [2.45, 2.75) is 19.8 Å². The maximum Gasteiger partial charge on any atom is 0.294 e. The summed E-state index contributed by atoms with van der Waals surface area (Å²) in [6.45, 7) is 2.07. The molecular formula is C9H13N7O. The van der Waals surface area contributed by atoms with E-state index >= 15 is 0 Å². The zero-order chi connectivity index (χ0) is 12.3. The smallest absolute Gasteiger partial charge is 0.294 e. The topological polar surface area (TPSA) is 125 Å². The summed E-state index contributed by atoms with van der Waals surface area (Å²) in [5.74, 6) is 0.114. The number of hydrogen-bond acceptors (Lipinski definition) is 5. The Hall–Kier alpha value is -2.38. The van der Waals surface area contributed by atoms with Crippen LogP contribution in [0.3, 0.4) is 0 Å². The molecule has 0 aliphatic rings. The maximum absolute atomic E-state index is 11.6. The first-order chi connectivity index (χ1) is 8.19. The van der Waals surface area contributed by atoms with E-state index in [2.05, 4.69) is 37.6 Å². The second-order valence-electron chi connectivity index (χ2n) is 3.52. The Bertz CT molecular complexity index is 515. The number of carbonyl (C=O) groups is 1. The van der Waals surface area contributed by atoms with Crippen LogP contribution in [0.4, 0.5) is 11.8 Å². The van der Waals surface area contributed by atoms with Gasteiger partial charge in [-0.1, -0.05) is 13.3 Å². The number of hydrogen-bond donors (Lipinski definition) is 4. The first-order valence-corrected chi connectivity index (χ1v) is 5.22. The van der Waals surface area contributed by atoms with Crippen LogP contribution in [0.15, 0.2) is 6.07 Å². The van der Waals surface area contributed by atoms with Crippen molar-refractivity contribution in [3.63, 3.8) is 0 Å². The lowest BCUT2D eigenvalue weighted by molar-refractivity contribution is 0.101. The molecule has 2 aromatic heterocycles. The van der Waals surface area contributed by atoms with Gasteiger partial charge in [0.15, 0.2) is 5.82 Å². The molecule has 0 bridgehead atoms. The van der Waals surface area contributed by atoms with E-state index in [1.807, 2.05) is 0 Å². The monoisotopic (exact) mass is 235 g/mol. The second-order valence-corrected chi connectivity index (χ2v) is 3.52. The zero-order valence-electron chi connectivity index (χ0n) is 9.32. The van der Waals surface area contributed by atoms with Crippen LogP contribution in [0.1, 0.15) is 29.7 Å². The molecule has 90 valence electrons. The van der Waals surface area contributed by atoms with Crippen molar-refractivity contribution in [2.75, 3.05) is 11.1 Å². The van der Waals surface area contributed by atoms with Gasteiger partial charge in [0, 0.05) is 11.8 Å². The Morgan fingerprint density at radius 1 is 1.47 bits per heavy atom. The van der Waals surface area contributed by atoms with Gasteiger partial charge in [0.1, 0.15) is 0 Å². The van der Waals surface area contributed by atoms with E-state index in [4.69, 9.17) is 5.73 Å². The lowest BCUT2D eigenvalue weighted by Gasteiger charge is -1.96. The van der Waals surface area contributed by atoms with Crippen LogP contribution in [0.2, 0.25) is 0 Å². The first-order valence-electron chi connectivity index (χ1n) is 5.22. The molecule has 2 heterocycles. The molecular weight excluding hydrogens is 222 g/mol. The van der Waals surface area contributed by atoms with Crippen molar-refractivity contribution in [3.8, 4) is 0 Å². The second kappa shape index (κ2) is 4.64. The average Bonchev–Trinajstić information content (AvgIpc) is 2.88. The third-order valence-corrected chi connectivity index (χ3v) is 2.11. The lowest BCUT2D eigenvalue weighted by Crippen LogP contribution is -2.14. The van der Waals surface area contributed by atoms with Crippen molar-refractivity contribution >= 4 is 17.7 Å². The summed E-state index contributed by atoms with van der Waals surface area (Å²) in [7, 11) is 0. The molecule has 0 aliphatic carbocycles. The fourth-order valence-corrected chi connectivity index (χ4v) is 1.37. The molecule has 8 heteroatoms. The van der Waals surface area contributed by atoms with Crippen LogP contribution >= 0.6 is 0 Å². The summed E-state index contributed by atoms with van der Waals surface area (Å²) in [6, 6.07) is 1.78. The van der Waals surface area contributed by atoms with Crippen LogP contribution in [0.5, 0.6) is 0 Å². The van der Waals surface area contributed by atoms with Crippen molar-refractivity contribution < 1.29 is 4.79 Å². The quantitative estimate of drug-likeness (QED) is 0.607. The van der Waals surface area contributed by atoms with Crippen LogP contribution in [-0.4, -0.2) is 31.3 Å². The fourth-order valence-electron chi connectivity index (χ4n) is 1.37. The van der Waals surface area contributed by atoms with E-state index in [1.54, 1.807) is 6.07 Å². The number of nitrogens with one attached hydrogen (secondary N) is 3. The molecule has 17 heavy (non-hydrogen) atoms. The first kappa shape index (κ1) is 11.1. The number of aryl methyl sites for hydroxylation is 1. The highest BCUT2D eigenvalue weighted by atomic mass is 16.2. The molecule has 0 fully saturated rings. The standard InChI is InChI=1S/C9H13N7O/c1-2-3-5-4-6(14-13-5)11-8(17)7-12-9(10)16-15-7/h4H,2-3H2,1H3,(H3,10,12,15,16)(H2,11,13,14,17). The van der Waals surface area contributed by atoms with Crippen molar-refractivity contribution in [1.29, 1.82) is 0 Å². The highest BCUT2D eigenvalue weighted by Crippen LogP contribution is 2.08. The molecule has 1 amide bonds. The minimum Gasteiger partial charge on any atom is -0.366 e. The van der Waals surface area contributed by atoms with Gasteiger partial charge in [-0.05, 0) is 6.42 Å². The van der Waals surface area contributed by atoms with E-state index < -0.39 is 5.91 Å². The summed E-state index contributed by atoms with van der Waals surface area (Å²) >= 11 is 0. The van der Waals surface area contributed by atoms with Gasteiger partial charge in [0.05, 0.1) is 0 Å². The van der Waals surface area contributed by atoms with Crippen molar-refractivity contribution in [3.05, 3.63) is 17.6 Å². The normalized spacial score (nSPS) is 10.4. The Labute approximate surface area is 97.0 Å². The van der Waals surface area contributed by atoms with Gasteiger partial charge >= 0.3 is 0 Å². The lowest BCUT2D eigenvalue weighted by atomic mass is 10.2. The molecule has 0 spiro atoms. The number of nitrogen functional groups attached to an aromatic ring is 1. The number of nitrogens with zero attached hydrogens (tertiary/aromatic N) is 3. The zero-order valence-corrected chi connectivity index (χ0v) is 9.32. The Balaban J connectivity index is 2.02. The number of anilines is 2. The predicted molar refractivity (Wildman–Crippen MR) is 61.3 cm³/mol. The molecule has 8 nitrogen and oxygen atoms in total. The number of carbonyl (C=O) groups excluding carboxylic acids is 1. The Morgan fingerprint density at radius 2 is 2.29 bits per heavy atom. The van der Waals surface area contributed by atoms with E-state index in [0.717, 1.165) is 18.5 Å². The van der Waals surface area contributed by atoms with Gasteiger partial charge in [0.25, 0.3) is 5.91 Å². The Kier molecular flexibility index (Phi) is 3.03. The van der Waals surface area contributed by atoms with Crippen LogP contribution in [0.25, 0.3) is 0 Å². The molecule has 0 unspecified atom stereocenters. The minimum atomic E-state index is -0.427. The van der Waals surface area contributed by atoms with Crippen molar-refractivity contribution in [1.82, 2.24) is 25.4 Å². The Morgan fingerprint density at radius 3 is 2.94 bits per heavy atom. The summed E-state index contributed by atoms with van der Waals surface area (Å²) < 4.78 is 0. The summed E-state index contributed by atoms with van der Waals surface area (Å²) in [5.41, 5.74) is 6.27. The SMILES string of the molecule is CCCc1cc(NC(=O)c2nc(N)n[nH]2)n[nH]1. The van der Waals surface area contributed by atoms with Gasteiger partial charge in [-0.3, -0.25) is 15.0 Å².